The van der Waals surface area contributed by atoms with E-state index in [1.807, 2.05) is 36.4 Å². The van der Waals surface area contributed by atoms with Crippen LogP contribution in [0.2, 0.25) is 0 Å². The number of carbonyl (C=O) groups excluding carboxylic acids is 1. The lowest BCUT2D eigenvalue weighted by atomic mass is 10.1. The fraction of sp³-hybridized carbons (Fsp3) is 0.310. The van der Waals surface area contributed by atoms with Crippen LogP contribution in [0.25, 0.3) is 22.3 Å². The molecule has 0 atom stereocenters. The number of fused-ring (bicyclic) bond motifs is 2. The Morgan fingerprint density at radius 3 is 2.74 bits per heavy atom. The number of benzene rings is 1. The molecule has 3 aromatic heterocycles. The van der Waals surface area contributed by atoms with Crippen LogP contribution < -0.4 is 10.2 Å². The molecule has 0 radical (unpaired) electrons. The highest BCUT2D eigenvalue weighted by molar-refractivity contribution is 7.91. The lowest BCUT2D eigenvalue weighted by molar-refractivity contribution is 0.0950. The first kappa shape index (κ1) is 25.4. The van der Waals surface area contributed by atoms with Gasteiger partial charge in [0.1, 0.15) is 5.82 Å². The molecule has 1 aromatic carbocycles. The predicted molar refractivity (Wildman–Crippen MR) is 148 cm³/mol. The molecule has 2 aliphatic rings. The second kappa shape index (κ2) is 10.3. The summed E-state index contributed by atoms with van der Waals surface area (Å²) in [5.74, 6) is 0.493. The lowest BCUT2D eigenvalue weighted by Gasteiger charge is -2.21. The van der Waals surface area contributed by atoms with Crippen LogP contribution in [0.15, 0.2) is 65.7 Å². The van der Waals surface area contributed by atoms with E-state index in [1.54, 1.807) is 18.3 Å². The number of pyridine rings is 3. The first-order valence-electron chi connectivity index (χ1n) is 13.1. The Hall–Kier alpha value is -3.89. The van der Waals surface area contributed by atoms with Crippen LogP contribution in [-0.4, -0.2) is 54.2 Å². The fourth-order valence-electron chi connectivity index (χ4n) is 4.85. The number of anilines is 1. The minimum Gasteiger partial charge on any atom is -0.376 e. The largest absolute Gasteiger partial charge is 0.376 e. The van der Waals surface area contributed by atoms with Crippen LogP contribution in [0.4, 0.5) is 5.82 Å². The highest BCUT2D eigenvalue weighted by Gasteiger charge is 2.29. The molecular weight excluding hydrogens is 514 g/mol. The molecule has 9 nitrogen and oxygen atoms in total. The normalized spacial score (nSPS) is 16.3. The van der Waals surface area contributed by atoms with E-state index in [0.29, 0.717) is 17.3 Å². The molecule has 4 aromatic rings. The molecule has 4 heterocycles. The summed E-state index contributed by atoms with van der Waals surface area (Å²) in [6.07, 6.45) is 4.15. The standard InChI is InChI=1S/C29H29N5O4S/c1-2-34(23-9-10-23)28-5-3-4-24(33-28)25-11-8-20-16-30-22(15-26(20)32-25)17-31-29(35)19-6-7-21-18-38-12-13-39(36,37)27(21)14-19/h3-8,11,14-16,23H,2,9-10,12-13,17-18H2,1H3,(H,31,35). The van der Waals surface area contributed by atoms with E-state index in [1.165, 1.54) is 18.9 Å². The van der Waals surface area contributed by atoms with Gasteiger partial charge in [0.2, 0.25) is 0 Å². The minimum absolute atomic E-state index is 0.0989. The summed E-state index contributed by atoms with van der Waals surface area (Å²) < 4.78 is 30.5. The van der Waals surface area contributed by atoms with Gasteiger partial charge in [-0.1, -0.05) is 12.1 Å². The second-order valence-corrected chi connectivity index (χ2v) is 11.9. The van der Waals surface area contributed by atoms with Crippen molar-refractivity contribution in [2.75, 3.05) is 23.8 Å². The van der Waals surface area contributed by atoms with Crippen molar-refractivity contribution >= 4 is 32.5 Å². The summed E-state index contributed by atoms with van der Waals surface area (Å²) in [5, 5.41) is 3.73. The van der Waals surface area contributed by atoms with E-state index in [9.17, 15) is 13.2 Å². The molecule has 200 valence electrons. The molecule has 0 bridgehead atoms. The third-order valence-corrected chi connectivity index (χ3v) is 8.85. The van der Waals surface area contributed by atoms with Gasteiger partial charge < -0.3 is 15.0 Å². The van der Waals surface area contributed by atoms with Crippen molar-refractivity contribution in [2.24, 2.45) is 0 Å². The quantitative estimate of drug-likeness (QED) is 0.373. The van der Waals surface area contributed by atoms with Crippen LogP contribution in [0.1, 0.15) is 41.4 Å². The van der Waals surface area contributed by atoms with Gasteiger partial charge in [-0.25, -0.2) is 18.4 Å². The Balaban J connectivity index is 1.20. The van der Waals surface area contributed by atoms with Crippen LogP contribution in [0.5, 0.6) is 0 Å². The van der Waals surface area contributed by atoms with E-state index in [2.05, 4.69) is 22.1 Å². The maximum atomic E-state index is 12.9. The first-order chi connectivity index (χ1) is 18.9. The van der Waals surface area contributed by atoms with Crippen molar-refractivity contribution in [1.82, 2.24) is 20.3 Å². The van der Waals surface area contributed by atoms with Gasteiger partial charge in [-0.3, -0.25) is 9.78 Å². The number of nitrogens with one attached hydrogen (secondary N) is 1. The van der Waals surface area contributed by atoms with Crippen molar-refractivity contribution in [3.05, 3.63) is 77.6 Å². The van der Waals surface area contributed by atoms with Gasteiger partial charge in [0, 0.05) is 29.7 Å². The van der Waals surface area contributed by atoms with Gasteiger partial charge in [0.25, 0.3) is 5.91 Å². The summed E-state index contributed by atoms with van der Waals surface area (Å²) in [4.78, 5) is 29.6. The fourth-order valence-corrected chi connectivity index (χ4v) is 6.24. The molecule has 1 N–H and O–H groups in total. The molecule has 39 heavy (non-hydrogen) atoms. The highest BCUT2D eigenvalue weighted by Crippen LogP contribution is 2.31. The number of rotatable bonds is 7. The smallest absolute Gasteiger partial charge is 0.251 e. The van der Waals surface area contributed by atoms with Crippen molar-refractivity contribution in [3.63, 3.8) is 0 Å². The zero-order chi connectivity index (χ0) is 27.0. The molecule has 1 saturated carbocycles. The van der Waals surface area contributed by atoms with E-state index in [-0.39, 0.29) is 41.9 Å². The van der Waals surface area contributed by atoms with E-state index in [0.717, 1.165) is 34.7 Å². The summed E-state index contributed by atoms with van der Waals surface area (Å²) in [7, 11) is -3.50. The maximum absolute atomic E-state index is 12.9. The van der Waals surface area contributed by atoms with Crippen LogP contribution >= 0.6 is 0 Å². The Labute approximate surface area is 227 Å². The number of hydrogen-bond acceptors (Lipinski definition) is 8. The number of aromatic nitrogens is 3. The van der Waals surface area contributed by atoms with Crippen LogP contribution in [0, 0.1) is 0 Å². The van der Waals surface area contributed by atoms with Gasteiger partial charge >= 0.3 is 0 Å². The minimum atomic E-state index is -3.50. The van der Waals surface area contributed by atoms with Crippen molar-refractivity contribution in [3.8, 4) is 11.4 Å². The third kappa shape index (κ3) is 5.35. The van der Waals surface area contributed by atoms with Crippen LogP contribution in [0.3, 0.4) is 0 Å². The molecule has 0 unspecified atom stereocenters. The second-order valence-electron chi connectivity index (χ2n) is 9.84. The van der Waals surface area contributed by atoms with Gasteiger partial charge in [0.15, 0.2) is 9.84 Å². The number of sulfone groups is 1. The summed E-state index contributed by atoms with van der Waals surface area (Å²) in [6, 6.07) is 17.1. The average Bonchev–Trinajstić information content (AvgIpc) is 3.80. The molecule has 6 rings (SSSR count). The van der Waals surface area contributed by atoms with E-state index >= 15 is 0 Å². The molecule has 10 heteroatoms. The molecule has 0 spiro atoms. The van der Waals surface area contributed by atoms with Gasteiger partial charge in [-0.05, 0) is 67.8 Å². The number of hydrogen-bond donors (Lipinski definition) is 1. The molecular formula is C29H29N5O4S. The van der Waals surface area contributed by atoms with Gasteiger partial charge in [-0.15, -0.1) is 0 Å². The van der Waals surface area contributed by atoms with Gasteiger partial charge in [-0.2, -0.15) is 0 Å². The molecule has 1 aliphatic carbocycles. The summed E-state index contributed by atoms with van der Waals surface area (Å²) in [6.45, 7) is 3.60. The predicted octanol–water partition coefficient (Wildman–Crippen LogP) is 3.91. The number of ether oxygens (including phenoxy) is 1. The summed E-state index contributed by atoms with van der Waals surface area (Å²) >= 11 is 0. The van der Waals surface area contributed by atoms with Crippen molar-refractivity contribution in [1.29, 1.82) is 0 Å². The maximum Gasteiger partial charge on any atom is 0.251 e. The van der Waals surface area contributed by atoms with Gasteiger partial charge in [0.05, 0.1) is 53.0 Å². The lowest BCUT2D eigenvalue weighted by Crippen LogP contribution is -2.25. The third-order valence-electron chi connectivity index (χ3n) is 7.10. The van der Waals surface area contributed by atoms with E-state index < -0.39 is 9.84 Å². The molecule has 1 amide bonds. The SMILES string of the molecule is CCN(c1cccc(-c2ccc3cnc(CNC(=O)c4ccc5c(c4)S(=O)(=O)CCOC5)cc3n2)n1)C1CC1. The number of nitrogens with zero attached hydrogens (tertiary/aromatic N) is 4. The number of carbonyl (C=O) groups is 1. The number of amides is 1. The molecule has 0 saturated heterocycles. The van der Waals surface area contributed by atoms with E-state index in [4.69, 9.17) is 14.7 Å². The van der Waals surface area contributed by atoms with Crippen LogP contribution in [-0.2, 0) is 27.7 Å². The molecule has 1 aliphatic heterocycles. The van der Waals surface area contributed by atoms with Crippen molar-refractivity contribution in [2.45, 2.75) is 43.9 Å². The zero-order valence-electron chi connectivity index (χ0n) is 21.6. The average molecular weight is 544 g/mol. The summed E-state index contributed by atoms with van der Waals surface area (Å²) in [5.41, 5.74) is 3.82. The first-order valence-corrected chi connectivity index (χ1v) is 14.8. The molecule has 1 fully saturated rings. The zero-order valence-corrected chi connectivity index (χ0v) is 22.4. The topological polar surface area (TPSA) is 114 Å². The Morgan fingerprint density at radius 1 is 1.08 bits per heavy atom. The Bertz CT molecular complexity index is 1670. The van der Waals surface area contributed by atoms with Crippen molar-refractivity contribution < 1.29 is 17.9 Å². The monoisotopic (exact) mass is 543 g/mol. The Morgan fingerprint density at radius 2 is 1.92 bits per heavy atom. The highest BCUT2D eigenvalue weighted by atomic mass is 32.2. The Kier molecular flexibility index (Phi) is 6.74.